The molecule has 3 nitrogen and oxygen atoms in total. The summed E-state index contributed by atoms with van der Waals surface area (Å²) in [6, 6.07) is 7.10. The predicted molar refractivity (Wildman–Crippen MR) is 74.0 cm³/mol. The maximum atomic E-state index is 14.5. The van der Waals surface area contributed by atoms with Crippen molar-refractivity contribution in [3.8, 4) is 0 Å². The van der Waals surface area contributed by atoms with Crippen LogP contribution in [0, 0.1) is 5.41 Å². The third-order valence-electron chi connectivity index (χ3n) is 3.04. The van der Waals surface area contributed by atoms with E-state index in [1.807, 2.05) is 0 Å². The molecule has 0 amide bonds. The first-order chi connectivity index (χ1) is 8.71. The van der Waals surface area contributed by atoms with E-state index < -0.39 is 11.1 Å². The second-order valence-electron chi connectivity index (χ2n) is 5.90. The number of hydrogen-bond donors (Lipinski definition) is 0. The highest BCUT2D eigenvalue weighted by atomic mass is 79.9. The van der Waals surface area contributed by atoms with Gasteiger partial charge >= 0.3 is 5.97 Å². The Morgan fingerprint density at radius 3 is 2.32 bits per heavy atom. The molecular weight excluding hydrogens is 313 g/mol. The molecule has 0 aliphatic carbocycles. The molecule has 19 heavy (non-hydrogen) atoms. The van der Waals surface area contributed by atoms with Crippen LogP contribution >= 0.6 is 15.9 Å². The molecule has 0 unspecified atom stereocenters. The van der Waals surface area contributed by atoms with Gasteiger partial charge in [0.1, 0.15) is 0 Å². The Hall–Kier alpha value is -0.940. The Bertz CT molecular complexity index is 475. The van der Waals surface area contributed by atoms with E-state index in [1.165, 1.54) is 5.06 Å². The molecule has 0 saturated carbocycles. The van der Waals surface area contributed by atoms with Gasteiger partial charge in [-0.05, 0) is 38.5 Å². The molecule has 0 aromatic heterocycles. The molecule has 0 spiro atoms. The number of hydroxylamine groups is 2. The largest absolute Gasteiger partial charge is 0.367 e. The molecule has 0 bridgehead atoms. The van der Waals surface area contributed by atoms with Crippen molar-refractivity contribution in [3.05, 3.63) is 34.3 Å². The first kappa shape index (κ1) is 14.5. The number of rotatable bonds is 2. The summed E-state index contributed by atoms with van der Waals surface area (Å²) in [5.41, 5.74) is -1.40. The van der Waals surface area contributed by atoms with Gasteiger partial charge in [-0.15, -0.1) is 5.06 Å². The van der Waals surface area contributed by atoms with E-state index in [4.69, 9.17) is 4.84 Å². The predicted octanol–water partition coefficient (Wildman–Crippen LogP) is 3.43. The second kappa shape index (κ2) is 4.87. The third kappa shape index (κ3) is 3.15. The monoisotopic (exact) mass is 329 g/mol. The Labute approximate surface area is 120 Å². The van der Waals surface area contributed by atoms with Gasteiger partial charge in [0.05, 0.1) is 18.5 Å². The van der Waals surface area contributed by atoms with E-state index in [1.54, 1.807) is 45.0 Å². The van der Waals surface area contributed by atoms with Gasteiger partial charge in [-0.2, -0.15) is 0 Å². The Morgan fingerprint density at radius 2 is 1.84 bits per heavy atom. The molecule has 0 atom stereocenters. The molecule has 1 aromatic rings. The lowest BCUT2D eigenvalue weighted by Crippen LogP contribution is -2.57. The summed E-state index contributed by atoms with van der Waals surface area (Å²) in [4.78, 5) is 16.8. The molecule has 0 N–H and O–H groups in total. The van der Waals surface area contributed by atoms with Crippen LogP contribution < -0.4 is 0 Å². The highest BCUT2D eigenvalue weighted by Gasteiger charge is 2.48. The minimum Gasteiger partial charge on any atom is -0.367 e. The summed E-state index contributed by atoms with van der Waals surface area (Å²) in [5, 5.41) is 1.37. The molecule has 1 aliphatic rings. The van der Waals surface area contributed by atoms with Crippen molar-refractivity contribution in [1.29, 1.82) is 0 Å². The molecule has 5 heteroatoms. The maximum Gasteiger partial charge on any atom is 0.330 e. The van der Waals surface area contributed by atoms with Crippen LogP contribution in [-0.4, -0.2) is 24.1 Å². The van der Waals surface area contributed by atoms with Crippen molar-refractivity contribution >= 4 is 21.9 Å². The first-order valence-electron chi connectivity index (χ1n) is 6.13. The second-order valence-corrected chi connectivity index (χ2v) is 6.81. The lowest BCUT2D eigenvalue weighted by atomic mass is 9.90. The van der Waals surface area contributed by atoms with Crippen LogP contribution in [0.15, 0.2) is 28.7 Å². The first-order valence-corrected chi connectivity index (χ1v) is 6.92. The van der Waals surface area contributed by atoms with E-state index in [-0.39, 0.29) is 19.1 Å². The summed E-state index contributed by atoms with van der Waals surface area (Å²) in [6.45, 7) is 5.47. The molecule has 104 valence electrons. The van der Waals surface area contributed by atoms with Crippen LogP contribution in [0.2, 0.25) is 0 Å². The third-order valence-corrected chi connectivity index (χ3v) is 3.57. The molecule has 0 radical (unpaired) electrons. The van der Waals surface area contributed by atoms with Crippen LogP contribution in [0.4, 0.5) is 4.39 Å². The zero-order valence-electron chi connectivity index (χ0n) is 11.2. The Balaban J connectivity index is 1.95. The maximum absolute atomic E-state index is 14.5. The Kier molecular flexibility index (Phi) is 3.71. The van der Waals surface area contributed by atoms with Crippen molar-refractivity contribution in [3.63, 3.8) is 0 Å². The standard InChI is InChI=1S/C14H17BrFNO2/c1-13(2,3)12(18)19-17-8-14(16,9-17)10-4-6-11(15)7-5-10/h4-7H,8-9H2,1-3H3. The number of halogens is 2. The lowest BCUT2D eigenvalue weighted by molar-refractivity contribution is -0.252. The van der Waals surface area contributed by atoms with Gasteiger partial charge in [-0.1, -0.05) is 28.1 Å². The van der Waals surface area contributed by atoms with Crippen LogP contribution in [0.5, 0.6) is 0 Å². The van der Waals surface area contributed by atoms with E-state index in [0.717, 1.165) is 4.47 Å². The topological polar surface area (TPSA) is 29.5 Å². The van der Waals surface area contributed by atoms with Gasteiger partial charge in [0.15, 0.2) is 5.67 Å². The van der Waals surface area contributed by atoms with E-state index in [9.17, 15) is 9.18 Å². The average molecular weight is 330 g/mol. The molecule has 1 fully saturated rings. The molecule has 1 heterocycles. The summed E-state index contributed by atoms with van der Waals surface area (Å²) in [7, 11) is 0. The fourth-order valence-electron chi connectivity index (χ4n) is 1.76. The van der Waals surface area contributed by atoms with E-state index in [2.05, 4.69) is 15.9 Å². The molecule has 1 saturated heterocycles. The summed E-state index contributed by atoms with van der Waals surface area (Å²) >= 11 is 3.32. The summed E-state index contributed by atoms with van der Waals surface area (Å²) in [5.74, 6) is -0.342. The van der Waals surface area contributed by atoms with Gasteiger partial charge in [0.25, 0.3) is 0 Å². The highest BCUT2D eigenvalue weighted by molar-refractivity contribution is 9.10. The molecular formula is C14H17BrFNO2. The van der Waals surface area contributed by atoms with E-state index in [0.29, 0.717) is 5.56 Å². The van der Waals surface area contributed by atoms with Crippen LogP contribution in [0.25, 0.3) is 0 Å². The summed E-state index contributed by atoms with van der Waals surface area (Å²) < 4.78 is 15.4. The minimum atomic E-state index is -1.43. The van der Waals surface area contributed by atoms with Crippen LogP contribution in [0.1, 0.15) is 26.3 Å². The van der Waals surface area contributed by atoms with Gasteiger partial charge in [0.2, 0.25) is 0 Å². The van der Waals surface area contributed by atoms with Gasteiger partial charge in [-0.3, -0.25) is 0 Å². The van der Waals surface area contributed by atoms with Crippen molar-refractivity contribution < 1.29 is 14.0 Å². The molecule has 1 aromatic carbocycles. The number of nitrogens with zero attached hydrogens (tertiary/aromatic N) is 1. The number of carbonyl (C=O) groups excluding carboxylic acids is 1. The van der Waals surface area contributed by atoms with Crippen molar-refractivity contribution in [2.24, 2.45) is 5.41 Å². The fraction of sp³-hybridized carbons (Fsp3) is 0.500. The zero-order valence-corrected chi connectivity index (χ0v) is 12.8. The fourth-order valence-corrected chi connectivity index (χ4v) is 2.03. The summed E-state index contributed by atoms with van der Waals surface area (Å²) in [6.07, 6.45) is 0. The SMILES string of the molecule is CC(C)(C)C(=O)ON1CC(F)(c2ccc(Br)cc2)C1. The van der Waals surface area contributed by atoms with Gasteiger partial charge in [0, 0.05) is 4.47 Å². The van der Waals surface area contributed by atoms with Crippen molar-refractivity contribution in [1.82, 2.24) is 5.06 Å². The quantitative estimate of drug-likeness (QED) is 0.832. The normalized spacial score (nSPS) is 18.8. The highest BCUT2D eigenvalue weighted by Crippen LogP contribution is 2.37. The Morgan fingerprint density at radius 1 is 1.32 bits per heavy atom. The van der Waals surface area contributed by atoms with Gasteiger partial charge < -0.3 is 4.84 Å². The number of alkyl halides is 1. The molecule has 1 aliphatic heterocycles. The minimum absolute atomic E-state index is 0.0798. The number of carbonyl (C=O) groups is 1. The zero-order chi connectivity index (χ0) is 14.3. The van der Waals surface area contributed by atoms with Crippen molar-refractivity contribution in [2.75, 3.05) is 13.1 Å². The molecule has 2 rings (SSSR count). The average Bonchev–Trinajstić information content (AvgIpc) is 2.26. The number of benzene rings is 1. The lowest BCUT2D eigenvalue weighted by Gasteiger charge is -2.43. The number of hydrogen-bond acceptors (Lipinski definition) is 3. The van der Waals surface area contributed by atoms with Crippen molar-refractivity contribution in [2.45, 2.75) is 26.4 Å². The van der Waals surface area contributed by atoms with Crippen LogP contribution in [-0.2, 0) is 15.3 Å². The van der Waals surface area contributed by atoms with Gasteiger partial charge in [-0.25, -0.2) is 9.18 Å². The smallest absolute Gasteiger partial charge is 0.330 e. The van der Waals surface area contributed by atoms with Crippen LogP contribution in [0.3, 0.4) is 0 Å². The van der Waals surface area contributed by atoms with E-state index >= 15 is 0 Å².